The van der Waals surface area contributed by atoms with E-state index in [4.69, 9.17) is 29.1 Å². The number of hydrogen-bond donors (Lipinski definition) is 4. The molecule has 2 heterocycles. The summed E-state index contributed by atoms with van der Waals surface area (Å²) in [6.45, 7) is 9.14. The van der Waals surface area contributed by atoms with Crippen molar-refractivity contribution in [2.45, 2.75) is 70.7 Å². The number of amides is 2. The number of benzene rings is 3. The third-order valence-electron chi connectivity index (χ3n) is 8.29. The Kier molecular flexibility index (Phi) is 9.30. The SMILES string of the molecule is CO[C@@H]1[C@@H](OC(N)=O)[C@@H](O)[C@H](Oc2ccc3c(O)c(NC(=O)c4cccc(-c5ccc(C(C)C)cc5)c4)c(=O)oc3c2C)OC1(C)C. The van der Waals surface area contributed by atoms with Crippen LogP contribution in [0.1, 0.15) is 55.1 Å². The molecule has 0 bridgehead atoms. The van der Waals surface area contributed by atoms with Crippen LogP contribution in [-0.2, 0) is 14.2 Å². The summed E-state index contributed by atoms with van der Waals surface area (Å²) in [5.74, 6) is -0.577. The molecule has 1 fully saturated rings. The van der Waals surface area contributed by atoms with E-state index < -0.39 is 59.3 Å². The molecule has 0 saturated carbocycles. The Bertz CT molecular complexity index is 1870. The lowest BCUT2D eigenvalue weighted by molar-refractivity contribution is -0.304. The molecule has 0 radical (unpaired) electrons. The van der Waals surface area contributed by atoms with Crippen molar-refractivity contribution >= 4 is 28.7 Å². The van der Waals surface area contributed by atoms with Crippen molar-refractivity contribution in [2.24, 2.45) is 5.73 Å². The molecule has 0 spiro atoms. The van der Waals surface area contributed by atoms with Crippen molar-refractivity contribution in [1.82, 2.24) is 0 Å². The average Bonchev–Trinajstić information content (AvgIpc) is 3.02. The van der Waals surface area contributed by atoms with E-state index in [0.29, 0.717) is 11.5 Å². The summed E-state index contributed by atoms with van der Waals surface area (Å²) < 4.78 is 28.0. The zero-order valence-electron chi connectivity index (χ0n) is 26.9. The van der Waals surface area contributed by atoms with Gasteiger partial charge in [-0.3, -0.25) is 4.79 Å². The fourth-order valence-corrected chi connectivity index (χ4v) is 5.76. The first-order valence-corrected chi connectivity index (χ1v) is 15.0. The molecular formula is C35H38N2O10. The minimum absolute atomic E-state index is 0.0147. The summed E-state index contributed by atoms with van der Waals surface area (Å²) >= 11 is 0. The number of anilines is 1. The number of aliphatic hydroxyl groups is 1. The van der Waals surface area contributed by atoms with Gasteiger partial charge in [-0.25, -0.2) is 9.59 Å². The standard InChI is InChI=1S/C35H38N2O10/c1-17(2)19-10-12-20(13-11-19)21-8-7-9-22(16-21)31(40)37-25-26(38)23-14-15-24(18(3)28(23)45-32(25)41)44-33-27(39)29(46-34(36)42)30(43-6)35(4,5)47-33/h7-17,27,29-30,33,38-39H,1-6H3,(H2,36,42)(H,37,40)/t27-,29+,30-,33-/m1/s1. The van der Waals surface area contributed by atoms with Crippen LogP contribution in [0.3, 0.4) is 0 Å². The first kappa shape index (κ1) is 33.5. The number of carbonyl (C=O) groups is 2. The third-order valence-corrected chi connectivity index (χ3v) is 8.29. The van der Waals surface area contributed by atoms with Gasteiger partial charge in [-0.15, -0.1) is 0 Å². The molecule has 5 N–H and O–H groups in total. The van der Waals surface area contributed by atoms with Crippen LogP contribution in [0.2, 0.25) is 0 Å². The summed E-state index contributed by atoms with van der Waals surface area (Å²) in [5.41, 5.74) is 6.21. The number of primary amides is 1. The Hall–Kier alpha value is -4.91. The van der Waals surface area contributed by atoms with Crippen LogP contribution in [0, 0.1) is 6.92 Å². The molecule has 4 atom stereocenters. The molecule has 12 heteroatoms. The van der Waals surface area contributed by atoms with Gasteiger partial charge in [-0.1, -0.05) is 50.2 Å². The Balaban J connectivity index is 1.40. The number of nitrogens with one attached hydrogen (secondary N) is 1. The zero-order chi connectivity index (χ0) is 34.2. The molecule has 2 amide bonds. The Labute approximate surface area is 271 Å². The minimum atomic E-state index is -1.51. The number of fused-ring (bicyclic) bond motifs is 1. The molecule has 3 aromatic carbocycles. The molecule has 0 unspecified atom stereocenters. The molecule has 12 nitrogen and oxygen atoms in total. The van der Waals surface area contributed by atoms with Gasteiger partial charge in [-0.05, 0) is 67.6 Å². The first-order chi connectivity index (χ1) is 22.2. The maximum Gasteiger partial charge on any atom is 0.404 e. The third kappa shape index (κ3) is 6.66. The Morgan fingerprint density at radius 2 is 1.74 bits per heavy atom. The molecule has 1 aliphatic heterocycles. The van der Waals surface area contributed by atoms with Gasteiger partial charge in [0.05, 0.1) is 11.0 Å². The number of aromatic hydroxyl groups is 1. The number of nitrogens with two attached hydrogens (primary N) is 1. The lowest BCUT2D eigenvalue weighted by atomic mass is 9.89. The predicted molar refractivity (Wildman–Crippen MR) is 174 cm³/mol. The molecular weight excluding hydrogens is 608 g/mol. The van der Waals surface area contributed by atoms with E-state index in [1.54, 1.807) is 39.0 Å². The summed E-state index contributed by atoms with van der Waals surface area (Å²) in [4.78, 5) is 37.9. The molecule has 0 aliphatic carbocycles. The summed E-state index contributed by atoms with van der Waals surface area (Å²) in [6.07, 6.45) is -6.05. The number of aryl methyl sites for hydroxylation is 1. The Morgan fingerprint density at radius 1 is 1.04 bits per heavy atom. The normalized spacial score (nSPS) is 20.6. The van der Waals surface area contributed by atoms with Crippen molar-refractivity contribution in [1.29, 1.82) is 0 Å². The molecule has 5 rings (SSSR count). The van der Waals surface area contributed by atoms with Gasteiger partial charge in [0.1, 0.15) is 17.4 Å². The maximum atomic E-state index is 13.2. The summed E-state index contributed by atoms with van der Waals surface area (Å²) in [5, 5.41) is 24.7. The Morgan fingerprint density at radius 3 is 2.38 bits per heavy atom. The molecule has 1 aliphatic rings. The highest BCUT2D eigenvalue weighted by molar-refractivity contribution is 6.07. The van der Waals surface area contributed by atoms with Crippen molar-refractivity contribution < 1.29 is 43.2 Å². The number of methoxy groups -OCH3 is 1. The maximum absolute atomic E-state index is 13.2. The second-order valence-electron chi connectivity index (χ2n) is 12.2. The lowest BCUT2D eigenvalue weighted by Crippen LogP contribution is -2.65. The molecule has 47 heavy (non-hydrogen) atoms. The smallest absolute Gasteiger partial charge is 0.404 e. The second-order valence-corrected chi connectivity index (χ2v) is 12.2. The highest BCUT2D eigenvalue weighted by Crippen LogP contribution is 2.38. The van der Waals surface area contributed by atoms with Crippen LogP contribution in [0.5, 0.6) is 11.5 Å². The number of hydrogen-bond acceptors (Lipinski definition) is 10. The van der Waals surface area contributed by atoms with Gasteiger partial charge in [-0.2, -0.15) is 0 Å². The number of carbonyl (C=O) groups excluding carboxylic acids is 2. The van der Waals surface area contributed by atoms with E-state index in [0.717, 1.165) is 11.1 Å². The summed E-state index contributed by atoms with van der Waals surface area (Å²) in [7, 11) is 1.38. The van der Waals surface area contributed by atoms with Gasteiger partial charge < -0.3 is 44.6 Å². The fraction of sp³-hybridized carbons (Fsp3) is 0.343. The monoisotopic (exact) mass is 646 g/mol. The fourth-order valence-electron chi connectivity index (χ4n) is 5.76. The molecule has 1 saturated heterocycles. The second kappa shape index (κ2) is 13.1. The average molecular weight is 647 g/mol. The van der Waals surface area contributed by atoms with E-state index in [1.165, 1.54) is 24.8 Å². The lowest BCUT2D eigenvalue weighted by Gasteiger charge is -2.47. The zero-order valence-corrected chi connectivity index (χ0v) is 26.9. The van der Waals surface area contributed by atoms with Crippen molar-refractivity contribution in [3.8, 4) is 22.6 Å². The van der Waals surface area contributed by atoms with Gasteiger partial charge in [0.25, 0.3) is 5.91 Å². The number of rotatable bonds is 8. The van der Waals surface area contributed by atoms with Crippen LogP contribution < -0.4 is 21.4 Å². The quantitative estimate of drug-likeness (QED) is 0.186. The van der Waals surface area contributed by atoms with Gasteiger partial charge in [0.15, 0.2) is 23.6 Å². The van der Waals surface area contributed by atoms with Crippen molar-refractivity contribution in [2.75, 3.05) is 12.4 Å². The highest BCUT2D eigenvalue weighted by Gasteiger charge is 2.53. The highest BCUT2D eigenvalue weighted by atomic mass is 16.7. The predicted octanol–water partition coefficient (Wildman–Crippen LogP) is 5.20. The number of aliphatic hydroxyl groups excluding tert-OH is 1. The van der Waals surface area contributed by atoms with Crippen LogP contribution in [0.15, 0.2) is 69.9 Å². The van der Waals surface area contributed by atoms with Crippen LogP contribution >= 0.6 is 0 Å². The van der Waals surface area contributed by atoms with Gasteiger partial charge in [0.2, 0.25) is 6.29 Å². The van der Waals surface area contributed by atoms with Crippen molar-refractivity contribution in [3.63, 3.8) is 0 Å². The van der Waals surface area contributed by atoms with Crippen LogP contribution in [-0.4, -0.2) is 59.5 Å². The largest absolute Gasteiger partial charge is 0.505 e. The van der Waals surface area contributed by atoms with Crippen LogP contribution in [0.4, 0.5) is 10.5 Å². The molecule has 1 aromatic heterocycles. The topological polar surface area (TPSA) is 180 Å². The van der Waals surface area contributed by atoms with Gasteiger partial charge >= 0.3 is 11.7 Å². The van der Waals surface area contributed by atoms with E-state index >= 15 is 0 Å². The van der Waals surface area contributed by atoms with Crippen LogP contribution in [0.25, 0.3) is 22.1 Å². The summed E-state index contributed by atoms with van der Waals surface area (Å²) in [6, 6.07) is 17.9. The van der Waals surface area contributed by atoms with Crippen molar-refractivity contribution in [3.05, 3.63) is 87.8 Å². The first-order valence-electron chi connectivity index (χ1n) is 15.0. The van der Waals surface area contributed by atoms with E-state index in [2.05, 4.69) is 19.2 Å². The number of ether oxygens (including phenoxy) is 4. The molecule has 248 valence electrons. The van der Waals surface area contributed by atoms with E-state index in [9.17, 15) is 24.6 Å². The van der Waals surface area contributed by atoms with E-state index in [1.807, 2.05) is 30.3 Å². The van der Waals surface area contributed by atoms with E-state index in [-0.39, 0.29) is 22.3 Å². The molecule has 4 aromatic rings. The van der Waals surface area contributed by atoms with Gasteiger partial charge in [0, 0.05) is 18.2 Å². The minimum Gasteiger partial charge on any atom is -0.505 e.